The van der Waals surface area contributed by atoms with Crippen LogP contribution in [0, 0.1) is 19.8 Å². The number of rotatable bonds is 9. The smallest absolute Gasteiger partial charge is 0.0343 e. The first-order chi connectivity index (χ1) is 15.0. The predicted molar refractivity (Wildman–Crippen MR) is 139 cm³/mol. The molecule has 0 bridgehead atoms. The van der Waals surface area contributed by atoms with Crippen molar-refractivity contribution in [1.82, 2.24) is 0 Å². The van der Waals surface area contributed by atoms with Gasteiger partial charge in [-0.1, -0.05) is 73.9 Å². The molecule has 168 valence electrons. The molecule has 3 rings (SSSR count). The lowest BCUT2D eigenvalue weighted by Crippen LogP contribution is -2.11. The maximum absolute atomic E-state index is 3.61. The third-order valence-corrected chi connectivity index (χ3v) is 6.26. The Bertz CT molecular complexity index is 813. The lowest BCUT2D eigenvalue weighted by Gasteiger charge is -2.22. The number of benzene rings is 2. The molecule has 31 heavy (non-hydrogen) atoms. The van der Waals surface area contributed by atoms with Gasteiger partial charge in [0.15, 0.2) is 0 Å². The molecule has 0 saturated heterocycles. The SMILES string of the molecule is C=CCCC.CCc1cc(NCCC2=CCC(Cc3ccc(C)cc3)CC2)ccc1C. The van der Waals surface area contributed by atoms with Gasteiger partial charge in [-0.3, -0.25) is 0 Å². The van der Waals surface area contributed by atoms with Crippen LogP contribution in [-0.2, 0) is 12.8 Å². The molecule has 0 amide bonds. The van der Waals surface area contributed by atoms with Crippen molar-refractivity contribution >= 4 is 5.69 Å². The second-order valence-electron chi connectivity index (χ2n) is 8.94. The van der Waals surface area contributed by atoms with Gasteiger partial charge in [-0.15, -0.1) is 6.58 Å². The molecule has 0 aromatic heterocycles. The summed E-state index contributed by atoms with van der Waals surface area (Å²) in [5.41, 5.74) is 8.59. The van der Waals surface area contributed by atoms with E-state index in [2.05, 4.69) is 88.1 Å². The molecule has 1 aliphatic carbocycles. The Balaban J connectivity index is 0.000000614. The first kappa shape index (κ1) is 25.0. The molecule has 0 aliphatic heterocycles. The van der Waals surface area contributed by atoms with Gasteiger partial charge < -0.3 is 5.32 Å². The highest BCUT2D eigenvalue weighted by molar-refractivity contribution is 5.48. The average molecular weight is 418 g/mol. The van der Waals surface area contributed by atoms with Crippen LogP contribution in [0.15, 0.2) is 66.8 Å². The largest absolute Gasteiger partial charge is 0.385 e. The summed E-state index contributed by atoms with van der Waals surface area (Å²) < 4.78 is 0. The van der Waals surface area contributed by atoms with Gasteiger partial charge in [0.2, 0.25) is 0 Å². The van der Waals surface area contributed by atoms with Crippen molar-refractivity contribution in [1.29, 1.82) is 0 Å². The summed E-state index contributed by atoms with van der Waals surface area (Å²) in [6, 6.07) is 15.8. The van der Waals surface area contributed by atoms with Crippen LogP contribution in [-0.4, -0.2) is 6.54 Å². The maximum atomic E-state index is 3.61. The molecule has 1 heteroatoms. The lowest BCUT2D eigenvalue weighted by atomic mass is 9.84. The van der Waals surface area contributed by atoms with Gasteiger partial charge in [-0.2, -0.15) is 0 Å². The van der Waals surface area contributed by atoms with Crippen LogP contribution < -0.4 is 5.32 Å². The second kappa shape index (κ2) is 13.9. The number of hydrogen-bond donors (Lipinski definition) is 1. The Morgan fingerprint density at radius 3 is 2.42 bits per heavy atom. The molecule has 2 aromatic rings. The van der Waals surface area contributed by atoms with Crippen molar-refractivity contribution in [2.75, 3.05) is 11.9 Å². The average Bonchev–Trinajstić information content (AvgIpc) is 2.78. The molecular weight excluding hydrogens is 374 g/mol. The number of nitrogens with one attached hydrogen (secondary N) is 1. The number of allylic oxidation sites excluding steroid dienone is 2. The van der Waals surface area contributed by atoms with E-state index in [1.165, 1.54) is 66.5 Å². The minimum absolute atomic E-state index is 0.818. The van der Waals surface area contributed by atoms with Crippen LogP contribution >= 0.6 is 0 Å². The molecule has 1 unspecified atom stereocenters. The Labute approximate surface area is 191 Å². The minimum Gasteiger partial charge on any atom is -0.385 e. The predicted octanol–water partition coefficient (Wildman–Crippen LogP) is 8.61. The van der Waals surface area contributed by atoms with Crippen molar-refractivity contribution in [3.63, 3.8) is 0 Å². The highest BCUT2D eigenvalue weighted by atomic mass is 14.9. The van der Waals surface area contributed by atoms with Crippen LogP contribution in [0.5, 0.6) is 0 Å². The Morgan fingerprint density at radius 2 is 1.84 bits per heavy atom. The van der Waals surface area contributed by atoms with Crippen molar-refractivity contribution in [3.05, 3.63) is 89.0 Å². The Morgan fingerprint density at radius 1 is 1.06 bits per heavy atom. The highest BCUT2D eigenvalue weighted by Gasteiger charge is 2.14. The fraction of sp³-hybridized carbons (Fsp3) is 0.467. The Hall–Kier alpha value is -2.28. The van der Waals surface area contributed by atoms with Crippen LogP contribution in [0.3, 0.4) is 0 Å². The third kappa shape index (κ3) is 9.17. The fourth-order valence-corrected chi connectivity index (χ4v) is 4.15. The summed E-state index contributed by atoms with van der Waals surface area (Å²) >= 11 is 0. The van der Waals surface area contributed by atoms with E-state index in [0.717, 1.165) is 25.3 Å². The van der Waals surface area contributed by atoms with E-state index >= 15 is 0 Å². The standard InChI is InChI=1S/C25H33N.C5H10/c1-4-24-18-25(14-7-20(24)3)26-16-15-21-10-12-23(13-11-21)17-22-8-5-19(2)6-9-22;1-3-5-4-2/h5-10,14,18,23,26H,4,11-13,15-17H2,1-3H3;3H,1,4-5H2,2H3. The van der Waals surface area contributed by atoms with Crippen molar-refractivity contribution < 1.29 is 0 Å². The topological polar surface area (TPSA) is 12.0 Å². The van der Waals surface area contributed by atoms with Gasteiger partial charge in [0, 0.05) is 12.2 Å². The number of anilines is 1. The molecule has 1 aliphatic rings. The van der Waals surface area contributed by atoms with E-state index in [9.17, 15) is 0 Å². The third-order valence-electron chi connectivity index (χ3n) is 6.26. The number of unbranched alkanes of at least 4 members (excludes halogenated alkanes) is 1. The molecule has 1 atom stereocenters. The fourth-order valence-electron chi connectivity index (χ4n) is 4.15. The maximum Gasteiger partial charge on any atom is 0.0343 e. The first-order valence-corrected chi connectivity index (χ1v) is 12.2. The van der Waals surface area contributed by atoms with Gasteiger partial charge in [-0.25, -0.2) is 0 Å². The molecule has 1 N–H and O–H groups in total. The molecule has 2 aromatic carbocycles. The van der Waals surface area contributed by atoms with E-state index in [1.807, 2.05) is 6.08 Å². The van der Waals surface area contributed by atoms with Crippen molar-refractivity contribution in [3.8, 4) is 0 Å². The summed E-state index contributed by atoms with van der Waals surface area (Å²) in [5.74, 6) is 0.818. The summed E-state index contributed by atoms with van der Waals surface area (Å²) in [6.07, 6.45) is 14.2. The molecule has 1 nitrogen and oxygen atoms in total. The normalized spacial score (nSPS) is 15.5. The summed E-state index contributed by atoms with van der Waals surface area (Å²) in [6.45, 7) is 13.3. The first-order valence-electron chi connectivity index (χ1n) is 12.2. The number of aryl methyl sites for hydroxylation is 3. The van der Waals surface area contributed by atoms with E-state index < -0.39 is 0 Å². The molecular formula is C30H43N. The van der Waals surface area contributed by atoms with Crippen LogP contribution in [0.25, 0.3) is 0 Å². The summed E-state index contributed by atoms with van der Waals surface area (Å²) in [4.78, 5) is 0. The second-order valence-corrected chi connectivity index (χ2v) is 8.94. The molecule has 0 saturated carbocycles. The quantitative estimate of drug-likeness (QED) is 0.403. The van der Waals surface area contributed by atoms with Crippen LogP contribution in [0.4, 0.5) is 5.69 Å². The molecule has 0 fully saturated rings. The monoisotopic (exact) mass is 417 g/mol. The summed E-state index contributed by atoms with van der Waals surface area (Å²) in [7, 11) is 0. The zero-order valence-corrected chi connectivity index (χ0v) is 20.3. The van der Waals surface area contributed by atoms with Crippen molar-refractivity contribution in [2.24, 2.45) is 5.92 Å². The lowest BCUT2D eigenvalue weighted by molar-refractivity contribution is 0.462. The van der Waals surface area contributed by atoms with Crippen LogP contribution in [0.1, 0.15) is 74.6 Å². The van der Waals surface area contributed by atoms with Gasteiger partial charge in [0.1, 0.15) is 0 Å². The molecule has 0 radical (unpaired) electrons. The van der Waals surface area contributed by atoms with Crippen LogP contribution in [0.2, 0.25) is 0 Å². The van der Waals surface area contributed by atoms with Gasteiger partial charge in [-0.05, 0) is 93.5 Å². The zero-order valence-electron chi connectivity index (χ0n) is 20.3. The van der Waals surface area contributed by atoms with E-state index in [-0.39, 0.29) is 0 Å². The summed E-state index contributed by atoms with van der Waals surface area (Å²) in [5, 5.41) is 3.61. The van der Waals surface area contributed by atoms with Gasteiger partial charge in [0.05, 0.1) is 0 Å². The number of hydrogen-bond acceptors (Lipinski definition) is 1. The minimum atomic E-state index is 0.818. The van der Waals surface area contributed by atoms with Gasteiger partial charge in [0.25, 0.3) is 0 Å². The molecule has 0 spiro atoms. The van der Waals surface area contributed by atoms with Gasteiger partial charge >= 0.3 is 0 Å². The van der Waals surface area contributed by atoms with E-state index in [1.54, 1.807) is 5.57 Å². The van der Waals surface area contributed by atoms with E-state index in [0.29, 0.717) is 0 Å². The highest BCUT2D eigenvalue weighted by Crippen LogP contribution is 2.28. The zero-order chi connectivity index (χ0) is 22.5. The van der Waals surface area contributed by atoms with Crippen molar-refractivity contribution in [2.45, 2.75) is 79.1 Å². The van der Waals surface area contributed by atoms with E-state index in [4.69, 9.17) is 0 Å². The Kier molecular flexibility index (Phi) is 11.2. The molecule has 0 heterocycles.